The van der Waals surface area contributed by atoms with Crippen LogP contribution in [0, 0.1) is 11.8 Å². The van der Waals surface area contributed by atoms with Gasteiger partial charge in [0.15, 0.2) is 0 Å². The molecule has 128 valence electrons. The summed E-state index contributed by atoms with van der Waals surface area (Å²) < 4.78 is 0. The molecule has 0 saturated carbocycles. The van der Waals surface area contributed by atoms with Crippen molar-refractivity contribution in [3.05, 3.63) is 30.1 Å². The minimum absolute atomic E-state index is 0.0885. The lowest BCUT2D eigenvalue weighted by molar-refractivity contribution is -0.130. The zero-order valence-electron chi connectivity index (χ0n) is 14.1. The Morgan fingerprint density at radius 2 is 2.17 bits per heavy atom. The van der Waals surface area contributed by atoms with E-state index < -0.39 is 0 Å². The van der Waals surface area contributed by atoms with Crippen LogP contribution in [0.2, 0.25) is 0 Å². The van der Waals surface area contributed by atoms with Crippen LogP contribution in [-0.4, -0.2) is 58.3 Å². The molecule has 2 atom stereocenters. The molecule has 6 heteroatoms. The Hall–Kier alpha value is -1.95. The molecule has 4 heterocycles. The van der Waals surface area contributed by atoms with Gasteiger partial charge in [-0.3, -0.25) is 19.5 Å². The predicted octanol–water partition coefficient (Wildman–Crippen LogP) is 0.641. The first-order valence-electron chi connectivity index (χ1n) is 8.76. The topological polar surface area (TPSA) is 65.5 Å². The second-order valence-electron chi connectivity index (χ2n) is 7.42. The van der Waals surface area contributed by atoms with Crippen molar-refractivity contribution in [1.29, 1.82) is 0 Å². The molecule has 3 aliphatic rings. The lowest BCUT2D eigenvalue weighted by atomic mass is 9.75. The number of nitrogens with zero attached hydrogens (tertiary/aromatic N) is 3. The Labute approximate surface area is 142 Å². The van der Waals surface area contributed by atoms with Gasteiger partial charge in [0.25, 0.3) is 0 Å². The summed E-state index contributed by atoms with van der Waals surface area (Å²) in [4.78, 5) is 32.5. The van der Waals surface area contributed by atoms with Crippen molar-refractivity contribution < 1.29 is 9.59 Å². The number of amides is 2. The molecule has 1 aromatic rings. The van der Waals surface area contributed by atoms with Crippen molar-refractivity contribution in [3.8, 4) is 0 Å². The molecule has 24 heavy (non-hydrogen) atoms. The van der Waals surface area contributed by atoms with Crippen molar-refractivity contribution in [2.75, 3.05) is 26.2 Å². The van der Waals surface area contributed by atoms with Crippen LogP contribution in [0.25, 0.3) is 0 Å². The van der Waals surface area contributed by atoms with Crippen LogP contribution in [0.15, 0.2) is 24.5 Å². The van der Waals surface area contributed by atoms with Gasteiger partial charge in [0, 0.05) is 63.5 Å². The Kier molecular flexibility index (Phi) is 3.79. The fraction of sp³-hybridized carbons (Fsp3) is 0.611. The highest BCUT2D eigenvalue weighted by molar-refractivity contribution is 5.84. The van der Waals surface area contributed by atoms with E-state index in [2.05, 4.69) is 21.3 Å². The van der Waals surface area contributed by atoms with E-state index in [4.69, 9.17) is 0 Å². The third-order valence-electron chi connectivity index (χ3n) is 6.04. The second-order valence-corrected chi connectivity index (χ2v) is 7.42. The molecule has 1 spiro atoms. The maximum Gasteiger partial charge on any atom is 0.225 e. The third-order valence-corrected chi connectivity index (χ3v) is 6.04. The van der Waals surface area contributed by atoms with E-state index in [-0.39, 0.29) is 23.3 Å². The SMILES string of the molecule is CC(=O)N1CCC2(CC1)NC(=O)[C@H]1CN(Cc3cccnc3)C[C@H]12. The first kappa shape index (κ1) is 15.6. The summed E-state index contributed by atoms with van der Waals surface area (Å²) in [5.74, 6) is 0.779. The molecule has 2 amide bonds. The van der Waals surface area contributed by atoms with Gasteiger partial charge in [0.2, 0.25) is 11.8 Å². The van der Waals surface area contributed by atoms with Crippen molar-refractivity contribution in [3.63, 3.8) is 0 Å². The molecule has 1 aromatic heterocycles. The van der Waals surface area contributed by atoms with Gasteiger partial charge in [-0.25, -0.2) is 0 Å². The number of rotatable bonds is 2. The average Bonchev–Trinajstić information content (AvgIpc) is 3.09. The van der Waals surface area contributed by atoms with E-state index in [9.17, 15) is 9.59 Å². The maximum absolute atomic E-state index is 12.5. The van der Waals surface area contributed by atoms with E-state index >= 15 is 0 Å². The molecule has 1 N–H and O–H groups in total. The molecule has 3 aliphatic heterocycles. The highest BCUT2D eigenvalue weighted by Crippen LogP contribution is 2.44. The fourth-order valence-electron chi connectivity index (χ4n) is 4.74. The van der Waals surface area contributed by atoms with Gasteiger partial charge in [-0.2, -0.15) is 0 Å². The van der Waals surface area contributed by atoms with Gasteiger partial charge in [-0.1, -0.05) is 6.07 Å². The number of carbonyl (C=O) groups excluding carboxylic acids is 2. The zero-order valence-corrected chi connectivity index (χ0v) is 14.1. The van der Waals surface area contributed by atoms with Gasteiger partial charge in [0.1, 0.15) is 0 Å². The number of nitrogens with one attached hydrogen (secondary N) is 1. The van der Waals surface area contributed by atoms with E-state index in [0.29, 0.717) is 5.92 Å². The summed E-state index contributed by atoms with van der Waals surface area (Å²) in [6.45, 7) is 5.74. The van der Waals surface area contributed by atoms with E-state index in [1.165, 1.54) is 5.56 Å². The second kappa shape index (κ2) is 5.84. The normalized spacial score (nSPS) is 28.9. The molecular formula is C18H24N4O2. The van der Waals surface area contributed by atoms with Crippen LogP contribution in [0.4, 0.5) is 0 Å². The Morgan fingerprint density at radius 1 is 1.38 bits per heavy atom. The molecule has 0 radical (unpaired) electrons. The number of fused-ring (bicyclic) bond motifs is 2. The van der Waals surface area contributed by atoms with E-state index in [1.54, 1.807) is 13.1 Å². The van der Waals surface area contributed by atoms with Gasteiger partial charge < -0.3 is 10.2 Å². The summed E-state index contributed by atoms with van der Waals surface area (Å²) in [6.07, 6.45) is 5.43. The van der Waals surface area contributed by atoms with Gasteiger partial charge in [-0.15, -0.1) is 0 Å². The third kappa shape index (κ3) is 2.59. The van der Waals surface area contributed by atoms with E-state index in [0.717, 1.165) is 45.6 Å². The number of likely N-dealkylation sites (tertiary alicyclic amines) is 2. The van der Waals surface area contributed by atoms with Crippen LogP contribution < -0.4 is 5.32 Å². The summed E-state index contributed by atoms with van der Waals surface area (Å²) in [6, 6.07) is 4.04. The van der Waals surface area contributed by atoms with Crippen LogP contribution in [-0.2, 0) is 16.1 Å². The molecule has 0 unspecified atom stereocenters. The molecular weight excluding hydrogens is 304 g/mol. The molecule has 0 aliphatic carbocycles. The number of carbonyl (C=O) groups is 2. The predicted molar refractivity (Wildman–Crippen MR) is 88.9 cm³/mol. The van der Waals surface area contributed by atoms with Crippen LogP contribution in [0.3, 0.4) is 0 Å². The lowest BCUT2D eigenvalue weighted by Gasteiger charge is -2.42. The van der Waals surface area contributed by atoms with Crippen LogP contribution in [0.1, 0.15) is 25.3 Å². The highest BCUT2D eigenvalue weighted by atomic mass is 16.2. The largest absolute Gasteiger partial charge is 0.350 e. The Bertz CT molecular complexity index is 640. The Balaban J connectivity index is 1.46. The van der Waals surface area contributed by atoms with Crippen LogP contribution in [0.5, 0.6) is 0 Å². The minimum atomic E-state index is -0.114. The zero-order chi connectivity index (χ0) is 16.7. The smallest absolute Gasteiger partial charge is 0.225 e. The minimum Gasteiger partial charge on any atom is -0.350 e. The average molecular weight is 328 g/mol. The fourth-order valence-corrected chi connectivity index (χ4v) is 4.74. The van der Waals surface area contributed by atoms with E-state index in [1.807, 2.05) is 17.2 Å². The molecule has 3 fully saturated rings. The summed E-state index contributed by atoms with van der Waals surface area (Å²) in [7, 11) is 0. The van der Waals surface area contributed by atoms with Gasteiger partial charge in [-0.05, 0) is 24.5 Å². The van der Waals surface area contributed by atoms with Crippen molar-refractivity contribution in [2.24, 2.45) is 11.8 Å². The first-order valence-corrected chi connectivity index (χ1v) is 8.76. The summed E-state index contributed by atoms with van der Waals surface area (Å²) >= 11 is 0. The summed E-state index contributed by atoms with van der Waals surface area (Å²) in [5.41, 5.74) is 1.08. The number of aromatic nitrogens is 1. The maximum atomic E-state index is 12.5. The van der Waals surface area contributed by atoms with Crippen LogP contribution >= 0.6 is 0 Å². The molecule has 3 saturated heterocycles. The van der Waals surface area contributed by atoms with Gasteiger partial charge in [0.05, 0.1) is 5.92 Å². The standard InChI is InChI=1S/C18H24N4O2/c1-13(23)22-7-4-18(5-8-22)16-12-21(11-15(16)17(24)20-18)10-14-3-2-6-19-9-14/h2-3,6,9,15-16H,4-5,7-8,10-12H2,1H3,(H,20,24)/t15-,16+/m0/s1. The number of hydrogen-bond acceptors (Lipinski definition) is 4. The summed E-state index contributed by atoms with van der Waals surface area (Å²) in [5, 5.41) is 3.30. The molecule has 4 rings (SSSR count). The molecule has 0 aromatic carbocycles. The quantitative estimate of drug-likeness (QED) is 0.865. The molecule has 0 bridgehead atoms. The number of piperidine rings is 1. The van der Waals surface area contributed by atoms with Gasteiger partial charge >= 0.3 is 0 Å². The monoisotopic (exact) mass is 328 g/mol. The first-order chi connectivity index (χ1) is 11.6. The lowest BCUT2D eigenvalue weighted by Crippen LogP contribution is -2.56. The van der Waals surface area contributed by atoms with Crippen molar-refractivity contribution >= 4 is 11.8 Å². The Morgan fingerprint density at radius 3 is 2.83 bits per heavy atom. The van der Waals surface area contributed by atoms with Crippen molar-refractivity contribution in [1.82, 2.24) is 20.1 Å². The molecule has 6 nitrogen and oxygen atoms in total. The number of pyridine rings is 1. The number of hydrogen-bond donors (Lipinski definition) is 1. The van der Waals surface area contributed by atoms with Crippen molar-refractivity contribution in [2.45, 2.75) is 31.8 Å². The highest BCUT2D eigenvalue weighted by Gasteiger charge is 2.57.